The fourth-order valence-corrected chi connectivity index (χ4v) is 12.7. The third-order valence-corrected chi connectivity index (χ3v) is 16.9. The molecule has 2 aliphatic carbocycles. The zero-order chi connectivity index (χ0) is 57.2. The monoisotopic (exact) mass is 1130 g/mol. The number of ether oxygens (including phenoxy) is 4. The number of thiophene rings is 2. The summed E-state index contributed by atoms with van der Waals surface area (Å²) in [5, 5.41) is 5.83. The largest absolute Gasteiger partial charge is 0.385 e. The number of anilines is 5. The van der Waals surface area contributed by atoms with Gasteiger partial charge in [-0.1, -0.05) is 189 Å². The Bertz CT molecular complexity index is 3760. The molecule has 2 aromatic heterocycles. The molecule has 0 bridgehead atoms. The molecule has 83 heavy (non-hydrogen) atoms. The molecule has 2 aliphatic rings. The van der Waals surface area contributed by atoms with Crippen LogP contribution in [-0.4, -0.2) is 53.3 Å². The Morgan fingerprint density at radius 3 is 2.28 bits per heavy atom. The average molecular weight is 1130 g/mol. The Morgan fingerprint density at radius 2 is 1.46 bits per heavy atom. The number of allylic oxidation sites excluding steroid dienone is 11. The van der Waals surface area contributed by atoms with Crippen LogP contribution < -0.4 is 14.7 Å². The Morgan fingerprint density at radius 1 is 0.687 bits per heavy atom. The number of fused-ring (bicyclic) bond motifs is 2. The van der Waals surface area contributed by atoms with Gasteiger partial charge in [0.15, 0.2) is 0 Å². The Hall–Kier alpha value is -8.12. The third kappa shape index (κ3) is 14.9. The van der Waals surface area contributed by atoms with Crippen molar-refractivity contribution in [1.82, 2.24) is 0 Å². The van der Waals surface area contributed by atoms with Gasteiger partial charge >= 0.3 is 0 Å². The van der Waals surface area contributed by atoms with Crippen LogP contribution in [0.25, 0.3) is 38.6 Å². The highest BCUT2D eigenvalue weighted by Gasteiger charge is 2.24. The smallest absolute Gasteiger partial charge is 0.101 e. The zero-order valence-corrected chi connectivity index (χ0v) is 49.7. The van der Waals surface area contributed by atoms with Crippen molar-refractivity contribution < 1.29 is 18.9 Å². The molecule has 8 aromatic rings. The molecule has 0 fully saturated rings. The van der Waals surface area contributed by atoms with Crippen LogP contribution in [0.4, 0.5) is 27.1 Å². The van der Waals surface area contributed by atoms with Crippen LogP contribution >= 0.6 is 22.7 Å². The first-order valence-corrected chi connectivity index (χ1v) is 30.1. The number of nitrogens with zero attached hydrogens (tertiary/aromatic N) is 3. The lowest BCUT2D eigenvalue weighted by Gasteiger charge is -2.29. The molecule has 420 valence electrons. The summed E-state index contributed by atoms with van der Waals surface area (Å²) in [6.07, 6.45) is 33.6. The van der Waals surface area contributed by atoms with Crippen LogP contribution in [0, 0.1) is 6.92 Å². The van der Waals surface area contributed by atoms with E-state index in [9.17, 15) is 0 Å². The van der Waals surface area contributed by atoms with E-state index in [-0.39, 0.29) is 6.04 Å². The second kappa shape index (κ2) is 29.2. The van der Waals surface area contributed by atoms with E-state index in [4.69, 9.17) is 18.9 Å². The number of hydrogen-bond donors (Lipinski definition) is 0. The number of aryl methyl sites for hydroxylation is 1. The van der Waals surface area contributed by atoms with Crippen LogP contribution in [0.3, 0.4) is 0 Å². The predicted molar refractivity (Wildman–Crippen MR) is 355 cm³/mol. The summed E-state index contributed by atoms with van der Waals surface area (Å²) >= 11 is 3.61. The average Bonchev–Trinajstić information content (AvgIpc) is 4.15. The van der Waals surface area contributed by atoms with Gasteiger partial charge in [-0.25, -0.2) is 0 Å². The van der Waals surface area contributed by atoms with E-state index in [0.29, 0.717) is 46.1 Å². The standard InChI is InChI=1S/C74H73N3O4S2/c1-6-64(51-71-55(2)49-73(82-71)75(56(3)21-13-14-24-57-22-9-7-10-23-57)65-31-17-25-58(35-40-65)53-81-48-47-79-5)76(66-32-18-29-61(38-43-66)60-26-11-8-12-27-60)68-44-39-63-50-74(83-72(63)52-68)77(70-34-19-30-62-28-15-16-33-69(62)70)67-41-36-59(37-42-67)54-80-46-20-45-78-4/h6-12,14-19,21-31,33-44,49-52,65H,1,13,20,32,45-48,53-54H2,2-5H3/b24-14-,56-21+,64-51+. The van der Waals surface area contributed by atoms with Gasteiger partial charge in [-0.3, -0.25) is 0 Å². The zero-order valence-electron chi connectivity index (χ0n) is 48.0. The van der Waals surface area contributed by atoms with E-state index in [0.717, 1.165) is 67.3 Å². The molecule has 10 rings (SSSR count). The summed E-state index contributed by atoms with van der Waals surface area (Å²) in [7, 11) is 3.43. The first kappa shape index (κ1) is 58.1. The summed E-state index contributed by atoms with van der Waals surface area (Å²) in [4.78, 5) is 8.43. The lowest BCUT2D eigenvalue weighted by Crippen LogP contribution is -2.30. The fraction of sp³-hybridized carbons (Fsp3) is 0.189. The molecule has 0 spiro atoms. The molecule has 0 radical (unpaired) electrons. The van der Waals surface area contributed by atoms with Crippen molar-refractivity contribution in [2.45, 2.75) is 45.8 Å². The molecule has 0 amide bonds. The van der Waals surface area contributed by atoms with Gasteiger partial charge in [0, 0.05) is 77.3 Å². The van der Waals surface area contributed by atoms with Gasteiger partial charge in [0.05, 0.1) is 43.2 Å². The maximum absolute atomic E-state index is 6.01. The van der Waals surface area contributed by atoms with Crippen molar-refractivity contribution in [1.29, 1.82) is 0 Å². The summed E-state index contributed by atoms with van der Waals surface area (Å²) in [5.41, 5.74) is 13.5. The SMILES string of the molecule is C=C/C(=C\c1sc(N(/C(C)=C/C/C=C\c2ccccc2)C2C=CC=C(COCCOC)C=C2)cc1C)N(C1=CC=C(c2ccccc2)C=CC1)c1ccc2cc(N(c3ccc(COCCCOC)cc3)c3cccc4ccccc34)sc2c1. The second-order valence-corrected chi connectivity index (χ2v) is 22.6. The lowest BCUT2D eigenvalue weighted by molar-refractivity contribution is 0.0832. The molecule has 0 aliphatic heterocycles. The van der Waals surface area contributed by atoms with E-state index in [1.54, 1.807) is 36.9 Å². The third-order valence-electron chi connectivity index (χ3n) is 14.6. The minimum Gasteiger partial charge on any atom is -0.385 e. The first-order chi connectivity index (χ1) is 40.9. The quantitative estimate of drug-likeness (QED) is 0.0395. The Kier molecular flexibility index (Phi) is 20.5. The van der Waals surface area contributed by atoms with E-state index < -0.39 is 0 Å². The number of rotatable bonds is 26. The normalized spacial score (nSPS) is 14.7. The van der Waals surface area contributed by atoms with Gasteiger partial charge < -0.3 is 33.6 Å². The molecular weight excluding hydrogens is 1060 g/mol. The van der Waals surface area contributed by atoms with Crippen molar-refractivity contribution in [3.63, 3.8) is 0 Å². The molecule has 0 N–H and O–H groups in total. The van der Waals surface area contributed by atoms with Crippen molar-refractivity contribution in [3.8, 4) is 0 Å². The van der Waals surface area contributed by atoms with Crippen molar-refractivity contribution in [2.75, 3.05) is 62.0 Å². The van der Waals surface area contributed by atoms with Gasteiger partial charge in [0.2, 0.25) is 0 Å². The van der Waals surface area contributed by atoms with E-state index >= 15 is 0 Å². The molecule has 2 heterocycles. The van der Waals surface area contributed by atoms with Gasteiger partial charge in [-0.05, 0) is 132 Å². The first-order valence-electron chi connectivity index (χ1n) is 28.5. The highest BCUT2D eigenvalue weighted by atomic mass is 32.1. The van der Waals surface area contributed by atoms with Crippen molar-refractivity contribution in [2.24, 2.45) is 0 Å². The lowest BCUT2D eigenvalue weighted by atomic mass is 10.1. The molecular formula is C74H73N3O4S2. The summed E-state index contributed by atoms with van der Waals surface area (Å²) in [6.45, 7) is 12.5. The molecule has 0 saturated heterocycles. The van der Waals surface area contributed by atoms with Gasteiger partial charge in [-0.15, -0.1) is 22.7 Å². The van der Waals surface area contributed by atoms with Gasteiger partial charge in [0.25, 0.3) is 0 Å². The Labute approximate surface area is 499 Å². The topological polar surface area (TPSA) is 46.6 Å². The summed E-state index contributed by atoms with van der Waals surface area (Å²) < 4.78 is 23.6. The minimum absolute atomic E-state index is 0.0369. The van der Waals surface area contributed by atoms with Crippen LogP contribution in [0.15, 0.2) is 260 Å². The maximum atomic E-state index is 6.01. The molecule has 0 saturated carbocycles. The maximum Gasteiger partial charge on any atom is 0.101 e. The molecule has 6 aromatic carbocycles. The summed E-state index contributed by atoms with van der Waals surface area (Å²) in [6, 6.07) is 56.7. The summed E-state index contributed by atoms with van der Waals surface area (Å²) in [5.74, 6) is 0. The van der Waals surface area contributed by atoms with Crippen LogP contribution in [-0.2, 0) is 25.6 Å². The molecule has 9 heteroatoms. The second-order valence-electron chi connectivity index (χ2n) is 20.5. The fourth-order valence-electron chi connectivity index (χ4n) is 10.4. The molecule has 1 unspecified atom stereocenters. The number of hydrogen-bond acceptors (Lipinski definition) is 9. The van der Waals surface area contributed by atoms with Gasteiger partial charge in [0.1, 0.15) is 5.00 Å². The van der Waals surface area contributed by atoms with E-state index in [2.05, 4.69) is 272 Å². The highest BCUT2D eigenvalue weighted by molar-refractivity contribution is 7.23. The predicted octanol–water partition coefficient (Wildman–Crippen LogP) is 19.3. The van der Waals surface area contributed by atoms with Crippen molar-refractivity contribution in [3.05, 3.63) is 287 Å². The van der Waals surface area contributed by atoms with Crippen LogP contribution in [0.1, 0.15) is 53.3 Å². The molecule has 7 nitrogen and oxygen atoms in total. The van der Waals surface area contributed by atoms with E-state index in [1.165, 1.54) is 48.8 Å². The highest BCUT2D eigenvalue weighted by Crippen LogP contribution is 2.46. The van der Waals surface area contributed by atoms with E-state index in [1.807, 2.05) is 6.08 Å². The van der Waals surface area contributed by atoms with Crippen LogP contribution in [0.2, 0.25) is 0 Å². The van der Waals surface area contributed by atoms with Gasteiger partial charge in [-0.2, -0.15) is 0 Å². The Balaban J connectivity index is 1.03. The molecule has 1 atom stereocenters. The number of benzene rings is 6. The van der Waals surface area contributed by atoms with Crippen molar-refractivity contribution >= 4 is 88.3 Å². The minimum atomic E-state index is -0.0369. The number of methoxy groups -OCH3 is 2. The van der Waals surface area contributed by atoms with Crippen LogP contribution in [0.5, 0.6) is 0 Å².